The van der Waals surface area contributed by atoms with Gasteiger partial charge in [-0.15, -0.1) is 0 Å². The van der Waals surface area contributed by atoms with E-state index in [-0.39, 0.29) is 12.2 Å². The number of hydrogen-bond acceptors (Lipinski definition) is 6. The van der Waals surface area contributed by atoms with Gasteiger partial charge in [0.15, 0.2) is 0 Å². The highest BCUT2D eigenvalue weighted by Gasteiger charge is 2.36. The summed E-state index contributed by atoms with van der Waals surface area (Å²) in [5.41, 5.74) is 3.65. The van der Waals surface area contributed by atoms with Crippen molar-refractivity contribution in [1.82, 2.24) is 5.32 Å². The molecule has 0 bridgehead atoms. The zero-order valence-electron chi connectivity index (χ0n) is 22.0. The van der Waals surface area contributed by atoms with Crippen molar-refractivity contribution in [2.24, 2.45) is 5.92 Å². The van der Waals surface area contributed by atoms with Crippen LogP contribution < -0.4 is 5.32 Å². The number of nitrogens with one attached hydrogen (secondary N) is 1. The first-order valence-electron chi connectivity index (χ1n) is 12.0. The minimum Gasteiger partial charge on any atom is -0.480 e. The number of aliphatic carboxylic acids is 1. The quantitative estimate of drug-likeness (QED) is 0.393. The minimum absolute atomic E-state index is 0.0415. The maximum Gasteiger partial charge on any atom is 0.326 e. The van der Waals surface area contributed by atoms with Crippen LogP contribution >= 0.6 is 0 Å². The number of methoxy groups -OCH3 is 1. The molecule has 1 aliphatic carbocycles. The fourth-order valence-electron chi connectivity index (χ4n) is 4.51. The lowest BCUT2D eigenvalue weighted by Gasteiger charge is -2.20. The van der Waals surface area contributed by atoms with Gasteiger partial charge in [0.05, 0.1) is 13.0 Å². The van der Waals surface area contributed by atoms with E-state index in [2.05, 4.69) is 5.32 Å². The van der Waals surface area contributed by atoms with Crippen molar-refractivity contribution in [2.45, 2.75) is 30.7 Å². The van der Waals surface area contributed by atoms with E-state index in [1.807, 2.05) is 6.08 Å². The highest BCUT2D eigenvalue weighted by molar-refractivity contribution is 7.84. The molecule has 2 aromatic carbocycles. The number of carbonyl (C=O) groups excluding carboxylic acids is 2. The van der Waals surface area contributed by atoms with Crippen LogP contribution in [0.25, 0.3) is 17.2 Å². The van der Waals surface area contributed by atoms with E-state index in [1.54, 1.807) is 43.5 Å². The number of hydrogen-bond donors (Lipinski definition) is 2. The standard InChI is InChI=1S/C28H30FNO7S2/c1-16-21(13-17-5-8-19(9-6-17)39(4)36)20-10-7-18(29)14-22(20)26(16)23(28(34)37-2)15-25(31)30-24(27(32)33)11-12-38(3)35/h5-10,13-14,23-24H,11-12,15H2,1-4H3,(H,30,31)(H,32,33)/b21-13-. The van der Waals surface area contributed by atoms with E-state index >= 15 is 0 Å². The number of fused-ring (bicyclic) bond motifs is 1. The van der Waals surface area contributed by atoms with Crippen molar-refractivity contribution in [2.75, 3.05) is 25.4 Å². The Bertz CT molecular complexity index is 1400. The van der Waals surface area contributed by atoms with E-state index in [0.29, 0.717) is 32.7 Å². The Morgan fingerprint density at radius 1 is 1.08 bits per heavy atom. The topological polar surface area (TPSA) is 127 Å². The summed E-state index contributed by atoms with van der Waals surface area (Å²) in [7, 11) is -1.21. The van der Waals surface area contributed by atoms with Gasteiger partial charge in [-0.2, -0.15) is 0 Å². The number of amides is 1. The first-order chi connectivity index (χ1) is 18.4. The Labute approximate surface area is 231 Å². The zero-order valence-corrected chi connectivity index (χ0v) is 23.6. The van der Waals surface area contributed by atoms with Crippen LogP contribution in [0.1, 0.15) is 36.5 Å². The molecule has 0 saturated heterocycles. The number of carboxylic acids is 1. The van der Waals surface area contributed by atoms with E-state index in [1.165, 1.54) is 25.5 Å². The molecule has 4 atom stereocenters. The first-order valence-corrected chi connectivity index (χ1v) is 15.3. The molecule has 0 fully saturated rings. The minimum atomic E-state index is -1.28. The first kappa shape index (κ1) is 30.1. The molecule has 0 radical (unpaired) electrons. The number of rotatable bonds is 11. The second-order valence-electron chi connectivity index (χ2n) is 9.11. The maximum atomic E-state index is 14.4. The molecule has 0 spiro atoms. The molecule has 208 valence electrons. The predicted octanol–water partition coefficient (Wildman–Crippen LogP) is 3.41. The number of carbonyl (C=O) groups is 3. The molecule has 8 nitrogen and oxygen atoms in total. The number of carboxylic acid groups (broad SMARTS) is 1. The van der Waals surface area contributed by atoms with Crippen molar-refractivity contribution in [3.05, 3.63) is 70.5 Å². The summed E-state index contributed by atoms with van der Waals surface area (Å²) in [4.78, 5) is 38.2. The highest BCUT2D eigenvalue weighted by Crippen LogP contribution is 2.46. The van der Waals surface area contributed by atoms with Crippen LogP contribution in [0, 0.1) is 11.7 Å². The zero-order chi connectivity index (χ0) is 28.9. The Kier molecular flexibility index (Phi) is 10.1. The van der Waals surface area contributed by atoms with Gasteiger partial charge in [-0.25, -0.2) is 9.18 Å². The smallest absolute Gasteiger partial charge is 0.326 e. The van der Waals surface area contributed by atoms with Gasteiger partial charge in [0, 0.05) is 51.2 Å². The monoisotopic (exact) mass is 575 g/mol. The Balaban J connectivity index is 2.02. The van der Waals surface area contributed by atoms with Crippen LogP contribution in [0.2, 0.25) is 0 Å². The van der Waals surface area contributed by atoms with Crippen molar-refractivity contribution in [1.29, 1.82) is 0 Å². The number of halogens is 1. The second-order valence-corrected chi connectivity index (χ2v) is 12.0. The third-order valence-corrected chi connectivity index (χ3v) is 8.19. The van der Waals surface area contributed by atoms with Crippen LogP contribution in [-0.4, -0.2) is 62.8 Å². The van der Waals surface area contributed by atoms with Gasteiger partial charge >= 0.3 is 11.9 Å². The summed E-state index contributed by atoms with van der Waals surface area (Å²) >= 11 is 0. The lowest BCUT2D eigenvalue weighted by atomic mass is 9.89. The highest BCUT2D eigenvalue weighted by atomic mass is 32.2. The van der Waals surface area contributed by atoms with Gasteiger partial charge in [-0.05, 0) is 77.1 Å². The molecule has 0 aliphatic heterocycles. The van der Waals surface area contributed by atoms with Gasteiger partial charge in [0.1, 0.15) is 11.9 Å². The van der Waals surface area contributed by atoms with Crippen LogP contribution in [0.5, 0.6) is 0 Å². The molecule has 11 heteroatoms. The van der Waals surface area contributed by atoms with Crippen LogP contribution in [0.15, 0.2) is 52.9 Å². The van der Waals surface area contributed by atoms with Gasteiger partial charge in [0.25, 0.3) is 0 Å². The van der Waals surface area contributed by atoms with Crippen LogP contribution in [-0.2, 0) is 40.7 Å². The molecule has 0 heterocycles. The SMILES string of the molecule is COC(=O)C(CC(=O)NC(CCS(C)=O)C(=O)O)C1=C(C)/C(=C/c2ccc(S(C)=O)cc2)c2ccc(F)cc21. The number of ether oxygens (including phenoxy) is 1. The molecule has 4 unspecified atom stereocenters. The van der Waals surface area contributed by atoms with Crippen molar-refractivity contribution in [3.63, 3.8) is 0 Å². The van der Waals surface area contributed by atoms with Gasteiger partial charge < -0.3 is 15.2 Å². The van der Waals surface area contributed by atoms with Crippen molar-refractivity contribution < 1.29 is 37.0 Å². The summed E-state index contributed by atoms with van der Waals surface area (Å²) in [6, 6.07) is 10.0. The number of esters is 1. The Hall–Kier alpha value is -3.44. The number of benzene rings is 2. The van der Waals surface area contributed by atoms with Crippen molar-refractivity contribution >= 4 is 56.7 Å². The van der Waals surface area contributed by atoms with E-state index < -0.39 is 63.6 Å². The molecule has 1 aliphatic rings. The van der Waals surface area contributed by atoms with Crippen LogP contribution in [0.4, 0.5) is 4.39 Å². The predicted molar refractivity (Wildman–Crippen MR) is 149 cm³/mol. The molecule has 2 aromatic rings. The summed E-state index contributed by atoms with van der Waals surface area (Å²) in [5, 5.41) is 11.9. The Morgan fingerprint density at radius 2 is 1.74 bits per heavy atom. The van der Waals surface area contributed by atoms with E-state index in [0.717, 1.165) is 5.56 Å². The fourth-order valence-corrected chi connectivity index (χ4v) is 5.59. The second kappa shape index (κ2) is 13.1. The van der Waals surface area contributed by atoms with E-state index in [9.17, 15) is 32.3 Å². The molecular weight excluding hydrogens is 545 g/mol. The number of allylic oxidation sites excluding steroid dienone is 2. The largest absolute Gasteiger partial charge is 0.480 e. The molecular formula is C28H30FNO7S2. The fraction of sp³-hybridized carbons (Fsp3) is 0.321. The third kappa shape index (κ3) is 7.36. The summed E-state index contributed by atoms with van der Waals surface area (Å²) in [6.07, 6.45) is 4.41. The van der Waals surface area contributed by atoms with E-state index in [4.69, 9.17) is 4.74 Å². The average molecular weight is 576 g/mol. The van der Waals surface area contributed by atoms with Gasteiger partial charge in [-0.1, -0.05) is 18.2 Å². The summed E-state index contributed by atoms with van der Waals surface area (Å²) in [5.74, 6) is -4.30. The molecule has 1 amide bonds. The third-order valence-electron chi connectivity index (χ3n) is 6.44. The lowest BCUT2D eigenvalue weighted by molar-refractivity contribution is -0.145. The van der Waals surface area contributed by atoms with Gasteiger partial charge in [0.2, 0.25) is 5.91 Å². The summed E-state index contributed by atoms with van der Waals surface area (Å²) in [6.45, 7) is 1.76. The molecule has 0 saturated carbocycles. The molecule has 39 heavy (non-hydrogen) atoms. The molecule has 3 rings (SSSR count). The lowest BCUT2D eigenvalue weighted by Crippen LogP contribution is -2.42. The Morgan fingerprint density at radius 3 is 2.31 bits per heavy atom. The average Bonchev–Trinajstić information content (AvgIpc) is 3.14. The summed E-state index contributed by atoms with van der Waals surface area (Å²) < 4.78 is 42.5. The maximum absolute atomic E-state index is 14.4. The normalized spacial score (nSPS) is 16.8. The van der Waals surface area contributed by atoms with Crippen molar-refractivity contribution in [3.8, 4) is 0 Å². The van der Waals surface area contributed by atoms with Crippen LogP contribution in [0.3, 0.4) is 0 Å². The molecule has 0 aromatic heterocycles. The molecule has 2 N–H and O–H groups in total. The van der Waals surface area contributed by atoms with Gasteiger partial charge in [-0.3, -0.25) is 18.0 Å².